The van der Waals surface area contributed by atoms with Crippen molar-refractivity contribution in [3.05, 3.63) is 29.3 Å². The maximum atomic E-state index is 9.31. The zero-order valence-electron chi connectivity index (χ0n) is 11.9. The fourth-order valence-electron chi connectivity index (χ4n) is 3.13. The SMILES string of the molecule is OCCC1(NCc2ccc3c(c2)CCO3)CCOCC1. The number of ether oxygens (including phenoxy) is 2. The molecule has 0 spiro atoms. The van der Waals surface area contributed by atoms with Gasteiger partial charge in [-0.25, -0.2) is 0 Å². The van der Waals surface area contributed by atoms with Crippen LogP contribution in [0.3, 0.4) is 0 Å². The van der Waals surface area contributed by atoms with Crippen LogP contribution in [0, 0.1) is 0 Å². The van der Waals surface area contributed by atoms with E-state index in [0.29, 0.717) is 0 Å². The zero-order chi connectivity index (χ0) is 13.8. The fourth-order valence-corrected chi connectivity index (χ4v) is 3.13. The number of hydrogen-bond acceptors (Lipinski definition) is 4. The number of nitrogens with one attached hydrogen (secondary N) is 1. The van der Waals surface area contributed by atoms with Gasteiger partial charge in [0.2, 0.25) is 0 Å². The summed E-state index contributed by atoms with van der Waals surface area (Å²) < 4.78 is 11.0. The van der Waals surface area contributed by atoms with Gasteiger partial charge in [-0.2, -0.15) is 0 Å². The van der Waals surface area contributed by atoms with Crippen molar-refractivity contribution in [1.82, 2.24) is 5.32 Å². The van der Waals surface area contributed by atoms with E-state index in [-0.39, 0.29) is 12.1 Å². The number of aliphatic hydroxyl groups is 1. The first-order valence-electron chi connectivity index (χ1n) is 7.50. The molecule has 20 heavy (non-hydrogen) atoms. The van der Waals surface area contributed by atoms with Crippen LogP contribution in [0.25, 0.3) is 0 Å². The molecule has 3 rings (SSSR count). The highest BCUT2D eigenvalue weighted by Crippen LogP contribution is 2.28. The highest BCUT2D eigenvalue weighted by Gasteiger charge is 2.31. The van der Waals surface area contributed by atoms with Crippen LogP contribution in [-0.4, -0.2) is 37.1 Å². The highest BCUT2D eigenvalue weighted by atomic mass is 16.5. The molecule has 1 aromatic carbocycles. The maximum absolute atomic E-state index is 9.31. The van der Waals surface area contributed by atoms with E-state index in [1.165, 1.54) is 11.1 Å². The Morgan fingerprint density at radius 3 is 2.85 bits per heavy atom. The Morgan fingerprint density at radius 1 is 1.20 bits per heavy atom. The summed E-state index contributed by atoms with van der Waals surface area (Å²) in [5.41, 5.74) is 2.63. The lowest BCUT2D eigenvalue weighted by atomic mass is 9.86. The lowest BCUT2D eigenvalue weighted by Crippen LogP contribution is -2.49. The van der Waals surface area contributed by atoms with Gasteiger partial charge in [-0.1, -0.05) is 12.1 Å². The van der Waals surface area contributed by atoms with Crippen molar-refractivity contribution in [3.63, 3.8) is 0 Å². The Hall–Kier alpha value is -1.10. The predicted molar refractivity (Wildman–Crippen MR) is 77.0 cm³/mol. The van der Waals surface area contributed by atoms with Gasteiger partial charge in [0.15, 0.2) is 0 Å². The molecule has 0 amide bonds. The smallest absolute Gasteiger partial charge is 0.122 e. The Kier molecular flexibility index (Phi) is 4.24. The topological polar surface area (TPSA) is 50.7 Å². The van der Waals surface area contributed by atoms with Crippen LogP contribution >= 0.6 is 0 Å². The molecule has 110 valence electrons. The van der Waals surface area contributed by atoms with Crippen molar-refractivity contribution in [2.75, 3.05) is 26.4 Å². The molecule has 0 unspecified atom stereocenters. The van der Waals surface area contributed by atoms with E-state index < -0.39 is 0 Å². The van der Waals surface area contributed by atoms with Gasteiger partial charge in [0.05, 0.1) is 6.61 Å². The number of aliphatic hydroxyl groups excluding tert-OH is 1. The molecule has 0 atom stereocenters. The molecule has 4 heteroatoms. The predicted octanol–water partition coefficient (Wildman–Crippen LogP) is 1.64. The second kappa shape index (κ2) is 6.12. The van der Waals surface area contributed by atoms with Gasteiger partial charge in [-0.15, -0.1) is 0 Å². The molecular formula is C16H23NO3. The lowest BCUT2D eigenvalue weighted by Gasteiger charge is -2.38. The number of benzene rings is 1. The van der Waals surface area contributed by atoms with Gasteiger partial charge in [-0.3, -0.25) is 0 Å². The molecular weight excluding hydrogens is 254 g/mol. The van der Waals surface area contributed by atoms with Gasteiger partial charge in [0.25, 0.3) is 0 Å². The molecule has 1 saturated heterocycles. The lowest BCUT2D eigenvalue weighted by molar-refractivity contribution is 0.0267. The quantitative estimate of drug-likeness (QED) is 0.859. The van der Waals surface area contributed by atoms with Crippen LogP contribution in [-0.2, 0) is 17.7 Å². The number of rotatable bonds is 5. The van der Waals surface area contributed by atoms with Crippen molar-refractivity contribution in [3.8, 4) is 5.75 Å². The van der Waals surface area contributed by atoms with Crippen LogP contribution in [0.15, 0.2) is 18.2 Å². The Morgan fingerprint density at radius 2 is 2.05 bits per heavy atom. The van der Waals surface area contributed by atoms with E-state index in [0.717, 1.165) is 57.8 Å². The Balaban J connectivity index is 1.64. The van der Waals surface area contributed by atoms with E-state index in [4.69, 9.17) is 9.47 Å². The third-order valence-corrected chi connectivity index (χ3v) is 4.46. The minimum Gasteiger partial charge on any atom is -0.493 e. The molecule has 2 N–H and O–H groups in total. The van der Waals surface area contributed by atoms with Crippen LogP contribution in [0.2, 0.25) is 0 Å². The summed E-state index contributed by atoms with van der Waals surface area (Å²) in [6.07, 6.45) is 3.76. The molecule has 4 nitrogen and oxygen atoms in total. The van der Waals surface area contributed by atoms with Crippen molar-refractivity contribution in [2.24, 2.45) is 0 Å². The van der Waals surface area contributed by atoms with Gasteiger partial charge >= 0.3 is 0 Å². The van der Waals surface area contributed by atoms with E-state index in [9.17, 15) is 5.11 Å². The minimum absolute atomic E-state index is 0.0303. The second-order valence-electron chi connectivity index (χ2n) is 5.76. The Bertz CT molecular complexity index is 450. The fraction of sp³-hybridized carbons (Fsp3) is 0.625. The van der Waals surface area contributed by atoms with Crippen molar-refractivity contribution >= 4 is 0 Å². The summed E-state index contributed by atoms with van der Waals surface area (Å²) in [4.78, 5) is 0. The third-order valence-electron chi connectivity index (χ3n) is 4.46. The normalized spacial score (nSPS) is 20.4. The van der Waals surface area contributed by atoms with Gasteiger partial charge in [-0.05, 0) is 36.5 Å². The molecule has 0 aliphatic carbocycles. The first kappa shape index (κ1) is 13.9. The molecule has 2 heterocycles. The van der Waals surface area contributed by atoms with Crippen molar-refractivity contribution < 1.29 is 14.6 Å². The molecule has 1 fully saturated rings. The first-order valence-corrected chi connectivity index (χ1v) is 7.50. The summed E-state index contributed by atoms with van der Waals surface area (Å²) in [5.74, 6) is 1.03. The third kappa shape index (κ3) is 2.97. The van der Waals surface area contributed by atoms with Crippen LogP contribution < -0.4 is 10.1 Å². The van der Waals surface area contributed by atoms with E-state index in [2.05, 4.69) is 23.5 Å². The standard InChI is InChI=1S/C16H23NO3/c18-7-4-16(5-9-19-10-6-16)17-12-13-1-2-15-14(11-13)3-8-20-15/h1-2,11,17-18H,3-10,12H2. The summed E-state index contributed by atoms with van der Waals surface area (Å²) in [7, 11) is 0. The number of fused-ring (bicyclic) bond motifs is 1. The molecule has 0 saturated carbocycles. The van der Waals surface area contributed by atoms with Crippen molar-refractivity contribution in [2.45, 2.75) is 37.8 Å². The molecule has 2 aliphatic rings. The minimum atomic E-state index is 0.0303. The highest BCUT2D eigenvalue weighted by molar-refractivity contribution is 5.39. The van der Waals surface area contributed by atoms with E-state index in [1.807, 2.05) is 0 Å². The van der Waals surface area contributed by atoms with E-state index in [1.54, 1.807) is 0 Å². The molecule has 0 aromatic heterocycles. The molecule has 0 bridgehead atoms. The Labute approximate surface area is 120 Å². The molecule has 2 aliphatic heterocycles. The summed E-state index contributed by atoms with van der Waals surface area (Å²) in [6.45, 7) is 3.44. The summed E-state index contributed by atoms with van der Waals surface area (Å²) >= 11 is 0. The average Bonchev–Trinajstić information content (AvgIpc) is 2.94. The van der Waals surface area contributed by atoms with Gasteiger partial charge in [0.1, 0.15) is 5.75 Å². The first-order chi connectivity index (χ1) is 9.81. The van der Waals surface area contributed by atoms with Crippen molar-refractivity contribution in [1.29, 1.82) is 0 Å². The largest absolute Gasteiger partial charge is 0.493 e. The van der Waals surface area contributed by atoms with Gasteiger partial charge < -0.3 is 19.9 Å². The monoisotopic (exact) mass is 277 g/mol. The maximum Gasteiger partial charge on any atom is 0.122 e. The molecule has 1 aromatic rings. The average molecular weight is 277 g/mol. The molecule has 0 radical (unpaired) electrons. The van der Waals surface area contributed by atoms with Crippen LogP contribution in [0.1, 0.15) is 30.4 Å². The second-order valence-corrected chi connectivity index (χ2v) is 5.76. The van der Waals surface area contributed by atoms with Crippen LogP contribution in [0.4, 0.5) is 0 Å². The summed E-state index contributed by atoms with van der Waals surface area (Å²) in [6, 6.07) is 6.44. The summed E-state index contributed by atoms with van der Waals surface area (Å²) in [5, 5.41) is 13.0. The van der Waals surface area contributed by atoms with E-state index >= 15 is 0 Å². The van der Waals surface area contributed by atoms with Crippen LogP contribution in [0.5, 0.6) is 5.75 Å². The van der Waals surface area contributed by atoms with Gasteiger partial charge in [0, 0.05) is 38.3 Å². The zero-order valence-corrected chi connectivity index (χ0v) is 11.9. The number of hydrogen-bond donors (Lipinski definition) is 2.